The Hall–Kier alpha value is -2.19. The molecule has 0 unspecified atom stereocenters. The molecular weight excluding hydrogens is 292 g/mol. The summed E-state index contributed by atoms with van der Waals surface area (Å²) in [6, 6.07) is 9.83. The molecule has 22 heavy (non-hydrogen) atoms. The average molecular weight is 310 g/mol. The molecule has 0 aromatic carbocycles. The third-order valence-electron chi connectivity index (χ3n) is 3.52. The lowest BCUT2D eigenvalue weighted by molar-refractivity contribution is 0.837. The Morgan fingerprint density at radius 3 is 2.95 bits per heavy atom. The molecule has 2 aromatic heterocycles. The van der Waals surface area contributed by atoms with E-state index in [0.717, 1.165) is 24.7 Å². The normalized spacial score (nSPS) is 14.4. The predicted octanol–water partition coefficient (Wildman–Crippen LogP) is 2.62. The summed E-state index contributed by atoms with van der Waals surface area (Å²) in [5, 5.41) is 3.31. The van der Waals surface area contributed by atoms with Gasteiger partial charge in [0.05, 0.1) is 0 Å². The molecule has 3 rings (SSSR count). The second-order valence-corrected chi connectivity index (χ2v) is 6.25. The van der Waals surface area contributed by atoms with Crippen LogP contribution in [0, 0.1) is 12.3 Å². The molecule has 112 valence electrons. The van der Waals surface area contributed by atoms with Crippen molar-refractivity contribution in [2.75, 3.05) is 34.8 Å². The van der Waals surface area contributed by atoms with Crippen LogP contribution in [0.1, 0.15) is 11.3 Å². The van der Waals surface area contributed by atoms with Crippen molar-refractivity contribution in [3.8, 4) is 12.3 Å². The Morgan fingerprint density at radius 2 is 2.14 bits per heavy atom. The minimum atomic E-state index is 0.645. The molecule has 1 N–H and O–H groups in total. The van der Waals surface area contributed by atoms with Crippen LogP contribution in [0.25, 0.3) is 0 Å². The SMILES string of the molecule is C#Cc1cccc(NCc2ccnc(N3CCSCC3)c2)n1. The summed E-state index contributed by atoms with van der Waals surface area (Å²) < 4.78 is 0. The fraction of sp³-hybridized carbons (Fsp3) is 0.294. The fourth-order valence-electron chi connectivity index (χ4n) is 2.34. The lowest BCUT2D eigenvalue weighted by Gasteiger charge is -2.27. The summed E-state index contributed by atoms with van der Waals surface area (Å²) in [5.74, 6) is 6.75. The molecule has 5 heteroatoms. The molecule has 0 spiro atoms. The quantitative estimate of drug-likeness (QED) is 0.879. The number of hydrogen-bond acceptors (Lipinski definition) is 5. The molecule has 0 amide bonds. The summed E-state index contributed by atoms with van der Waals surface area (Å²) in [6.45, 7) is 2.85. The van der Waals surface area contributed by atoms with Gasteiger partial charge in [-0.2, -0.15) is 11.8 Å². The van der Waals surface area contributed by atoms with Gasteiger partial charge in [0, 0.05) is 37.3 Å². The Bertz CT molecular complexity index is 674. The van der Waals surface area contributed by atoms with E-state index in [4.69, 9.17) is 6.42 Å². The van der Waals surface area contributed by atoms with E-state index in [1.54, 1.807) is 0 Å². The van der Waals surface area contributed by atoms with Crippen LogP contribution in [0.2, 0.25) is 0 Å². The van der Waals surface area contributed by atoms with Gasteiger partial charge >= 0.3 is 0 Å². The van der Waals surface area contributed by atoms with Gasteiger partial charge in [-0.05, 0) is 29.8 Å². The second kappa shape index (κ2) is 7.19. The smallest absolute Gasteiger partial charge is 0.128 e. The molecule has 1 saturated heterocycles. The zero-order valence-corrected chi connectivity index (χ0v) is 13.1. The van der Waals surface area contributed by atoms with E-state index < -0.39 is 0 Å². The van der Waals surface area contributed by atoms with Crippen LogP contribution in [0.3, 0.4) is 0 Å². The van der Waals surface area contributed by atoms with E-state index in [2.05, 4.69) is 32.2 Å². The number of hydrogen-bond donors (Lipinski definition) is 1. The summed E-state index contributed by atoms with van der Waals surface area (Å²) >= 11 is 2.00. The van der Waals surface area contributed by atoms with Gasteiger partial charge in [0.2, 0.25) is 0 Å². The number of terminal acetylenes is 1. The van der Waals surface area contributed by atoms with E-state index in [9.17, 15) is 0 Å². The van der Waals surface area contributed by atoms with Crippen LogP contribution in [0.15, 0.2) is 36.5 Å². The molecular formula is C17H18N4S. The maximum atomic E-state index is 5.37. The van der Waals surface area contributed by atoms with Gasteiger partial charge in [-0.25, -0.2) is 9.97 Å². The molecule has 0 bridgehead atoms. The Balaban J connectivity index is 1.66. The van der Waals surface area contributed by atoms with Gasteiger partial charge in [0.1, 0.15) is 17.3 Å². The summed E-state index contributed by atoms with van der Waals surface area (Å²) in [4.78, 5) is 11.2. The van der Waals surface area contributed by atoms with Crippen LogP contribution in [-0.4, -0.2) is 34.6 Å². The monoisotopic (exact) mass is 310 g/mol. The van der Waals surface area contributed by atoms with Crippen molar-refractivity contribution < 1.29 is 0 Å². The first-order chi connectivity index (χ1) is 10.8. The highest BCUT2D eigenvalue weighted by Crippen LogP contribution is 2.18. The fourth-order valence-corrected chi connectivity index (χ4v) is 3.25. The van der Waals surface area contributed by atoms with E-state index in [1.807, 2.05) is 42.2 Å². The van der Waals surface area contributed by atoms with Crippen LogP contribution >= 0.6 is 11.8 Å². The van der Waals surface area contributed by atoms with Gasteiger partial charge < -0.3 is 10.2 Å². The standard InChI is InChI=1S/C17H18N4S/c1-2-15-4-3-5-16(20-15)19-13-14-6-7-18-17(12-14)21-8-10-22-11-9-21/h1,3-7,12H,8-11,13H2,(H,19,20). The first-order valence-corrected chi connectivity index (χ1v) is 8.46. The van der Waals surface area contributed by atoms with Gasteiger partial charge in [-0.15, -0.1) is 6.42 Å². The van der Waals surface area contributed by atoms with E-state index >= 15 is 0 Å². The maximum absolute atomic E-state index is 5.37. The number of nitrogens with one attached hydrogen (secondary N) is 1. The predicted molar refractivity (Wildman–Crippen MR) is 93.3 cm³/mol. The van der Waals surface area contributed by atoms with Crippen molar-refractivity contribution in [2.24, 2.45) is 0 Å². The van der Waals surface area contributed by atoms with Crippen molar-refractivity contribution in [3.63, 3.8) is 0 Å². The van der Waals surface area contributed by atoms with Gasteiger partial charge in [0.15, 0.2) is 0 Å². The molecule has 0 saturated carbocycles. The highest BCUT2D eigenvalue weighted by atomic mass is 32.2. The molecule has 0 aliphatic carbocycles. The number of aromatic nitrogens is 2. The topological polar surface area (TPSA) is 41.1 Å². The van der Waals surface area contributed by atoms with E-state index in [1.165, 1.54) is 17.1 Å². The van der Waals surface area contributed by atoms with Crippen molar-refractivity contribution in [1.82, 2.24) is 9.97 Å². The zero-order valence-electron chi connectivity index (χ0n) is 12.3. The molecule has 3 heterocycles. The van der Waals surface area contributed by atoms with Crippen LogP contribution in [-0.2, 0) is 6.54 Å². The largest absolute Gasteiger partial charge is 0.366 e. The number of anilines is 2. The molecule has 2 aromatic rings. The first kappa shape index (κ1) is 14.7. The third kappa shape index (κ3) is 3.71. The van der Waals surface area contributed by atoms with E-state index in [0.29, 0.717) is 12.2 Å². The van der Waals surface area contributed by atoms with Crippen molar-refractivity contribution in [3.05, 3.63) is 47.8 Å². The minimum Gasteiger partial charge on any atom is -0.366 e. The Morgan fingerprint density at radius 1 is 1.27 bits per heavy atom. The average Bonchev–Trinajstić information content (AvgIpc) is 2.61. The molecule has 1 aliphatic rings. The van der Waals surface area contributed by atoms with Crippen molar-refractivity contribution in [1.29, 1.82) is 0 Å². The highest BCUT2D eigenvalue weighted by molar-refractivity contribution is 7.99. The lowest BCUT2D eigenvalue weighted by Crippen LogP contribution is -2.33. The first-order valence-electron chi connectivity index (χ1n) is 7.30. The Labute approximate surface area is 135 Å². The molecule has 0 radical (unpaired) electrons. The summed E-state index contributed by atoms with van der Waals surface area (Å²) in [7, 11) is 0. The van der Waals surface area contributed by atoms with E-state index in [-0.39, 0.29) is 0 Å². The number of nitrogens with zero attached hydrogens (tertiary/aromatic N) is 3. The Kier molecular flexibility index (Phi) is 4.81. The van der Waals surface area contributed by atoms with Crippen LogP contribution < -0.4 is 10.2 Å². The maximum Gasteiger partial charge on any atom is 0.128 e. The second-order valence-electron chi connectivity index (χ2n) is 5.03. The third-order valence-corrected chi connectivity index (χ3v) is 4.46. The number of pyridine rings is 2. The highest BCUT2D eigenvalue weighted by Gasteiger charge is 2.12. The number of thioether (sulfide) groups is 1. The summed E-state index contributed by atoms with van der Waals surface area (Å²) in [5.41, 5.74) is 1.84. The minimum absolute atomic E-state index is 0.645. The van der Waals surface area contributed by atoms with Gasteiger partial charge in [-0.1, -0.05) is 12.0 Å². The van der Waals surface area contributed by atoms with Crippen LogP contribution in [0.5, 0.6) is 0 Å². The molecule has 0 atom stereocenters. The number of rotatable bonds is 4. The molecule has 1 aliphatic heterocycles. The van der Waals surface area contributed by atoms with Crippen LogP contribution in [0.4, 0.5) is 11.6 Å². The molecule has 4 nitrogen and oxygen atoms in total. The van der Waals surface area contributed by atoms with Gasteiger partial charge in [0.25, 0.3) is 0 Å². The lowest BCUT2D eigenvalue weighted by atomic mass is 10.2. The van der Waals surface area contributed by atoms with Gasteiger partial charge in [-0.3, -0.25) is 0 Å². The summed E-state index contributed by atoms with van der Waals surface area (Å²) in [6.07, 6.45) is 7.25. The van der Waals surface area contributed by atoms with Crippen molar-refractivity contribution >= 4 is 23.4 Å². The zero-order chi connectivity index (χ0) is 15.2. The van der Waals surface area contributed by atoms with Crippen molar-refractivity contribution in [2.45, 2.75) is 6.54 Å². The molecule has 1 fully saturated rings.